The molecule has 0 fully saturated rings. The summed E-state index contributed by atoms with van der Waals surface area (Å²) >= 11 is 0. The summed E-state index contributed by atoms with van der Waals surface area (Å²) in [6.07, 6.45) is 2.25. The van der Waals surface area contributed by atoms with Crippen molar-refractivity contribution in [3.63, 3.8) is 0 Å². The van der Waals surface area contributed by atoms with E-state index in [1.165, 1.54) is 11.1 Å². The van der Waals surface area contributed by atoms with Gasteiger partial charge < -0.3 is 19.5 Å². The predicted octanol–water partition coefficient (Wildman–Crippen LogP) is 4.78. The van der Waals surface area contributed by atoms with Crippen LogP contribution < -0.4 is 10.1 Å². The quantitative estimate of drug-likeness (QED) is 0.333. The molecule has 0 aliphatic carbocycles. The van der Waals surface area contributed by atoms with Crippen molar-refractivity contribution >= 4 is 5.97 Å². The van der Waals surface area contributed by atoms with E-state index in [1.54, 1.807) is 0 Å². The number of carbonyl (C=O) groups is 1. The Labute approximate surface area is 176 Å². The van der Waals surface area contributed by atoms with Crippen LogP contribution in [0.15, 0.2) is 54.6 Å². The number of ether oxygens (including phenoxy) is 3. The largest absolute Gasteiger partial charge is 0.468 e. The molecular formula is C24H37NO4. The number of nitrogens with one attached hydrogen (secondary N) is 1. The normalized spacial score (nSPS) is 9.62. The van der Waals surface area contributed by atoms with Crippen LogP contribution in [0.2, 0.25) is 0 Å². The fraction of sp³-hybridized carbons (Fsp3) is 0.458. The highest BCUT2D eigenvalue weighted by molar-refractivity contribution is 5.69. The molecule has 162 valence electrons. The molecule has 5 nitrogen and oxygen atoms in total. The van der Waals surface area contributed by atoms with Crippen LogP contribution in [0.4, 0.5) is 0 Å². The van der Waals surface area contributed by atoms with Crippen LogP contribution in [-0.2, 0) is 20.7 Å². The van der Waals surface area contributed by atoms with Gasteiger partial charge in [-0.15, -0.1) is 0 Å². The second-order valence-corrected chi connectivity index (χ2v) is 6.29. The minimum absolute atomic E-state index is 0. The van der Waals surface area contributed by atoms with Gasteiger partial charge in [0.1, 0.15) is 12.4 Å². The van der Waals surface area contributed by atoms with Crippen LogP contribution in [0, 0.1) is 6.92 Å². The first kappa shape index (κ1) is 26.6. The van der Waals surface area contributed by atoms with Gasteiger partial charge in [-0.2, -0.15) is 0 Å². The highest BCUT2D eigenvalue weighted by atomic mass is 16.7. The zero-order valence-electron chi connectivity index (χ0n) is 17.3. The average Bonchev–Trinajstić information content (AvgIpc) is 2.71. The van der Waals surface area contributed by atoms with Crippen molar-refractivity contribution in [2.75, 3.05) is 33.6 Å². The number of likely N-dealkylation sites (N-methyl/N-ethyl adjacent to an activating group) is 1. The van der Waals surface area contributed by atoms with E-state index in [9.17, 15) is 4.79 Å². The number of hydrogen-bond donors (Lipinski definition) is 1. The third kappa shape index (κ3) is 14.3. The van der Waals surface area contributed by atoms with Gasteiger partial charge >= 0.3 is 5.97 Å². The number of hydrogen-bond acceptors (Lipinski definition) is 5. The van der Waals surface area contributed by atoms with Gasteiger partial charge in [0, 0.05) is 6.42 Å². The third-order valence-electron chi connectivity index (χ3n) is 3.78. The highest BCUT2D eigenvalue weighted by Crippen LogP contribution is 2.12. The number of benzene rings is 2. The van der Waals surface area contributed by atoms with E-state index in [2.05, 4.69) is 24.4 Å². The molecule has 0 unspecified atom stereocenters. The highest BCUT2D eigenvalue weighted by Gasteiger charge is 2.00. The van der Waals surface area contributed by atoms with E-state index in [-0.39, 0.29) is 26.8 Å². The van der Waals surface area contributed by atoms with Gasteiger partial charge in [-0.3, -0.25) is 4.79 Å². The van der Waals surface area contributed by atoms with Crippen LogP contribution in [0.5, 0.6) is 5.75 Å². The molecule has 0 radical (unpaired) electrons. The van der Waals surface area contributed by atoms with Gasteiger partial charge in [0.2, 0.25) is 0 Å². The number of rotatable bonds is 11. The van der Waals surface area contributed by atoms with Gasteiger partial charge in [0.05, 0.1) is 6.61 Å². The Bertz CT molecular complexity index is 629. The Morgan fingerprint density at radius 1 is 1.00 bits per heavy atom. The van der Waals surface area contributed by atoms with Crippen molar-refractivity contribution in [3.8, 4) is 5.75 Å². The number of carbonyl (C=O) groups excluding carboxylic acids is 1. The maximum Gasteiger partial charge on any atom is 0.305 e. The molecule has 2 aromatic rings. The molecule has 0 saturated carbocycles. The predicted molar refractivity (Wildman–Crippen MR) is 119 cm³/mol. The fourth-order valence-electron chi connectivity index (χ4n) is 2.22. The molecule has 0 bridgehead atoms. The Morgan fingerprint density at radius 3 is 2.24 bits per heavy atom. The SMILES string of the molecule is C.CCCC(=O)OCCOCOc1ccc(CCNC)cc1.Cc1ccccc1. The summed E-state index contributed by atoms with van der Waals surface area (Å²) in [4.78, 5) is 11.1. The Balaban J connectivity index is 0.000000824. The molecule has 0 amide bonds. The van der Waals surface area contributed by atoms with Crippen LogP contribution in [0.1, 0.15) is 38.3 Å². The molecule has 0 spiro atoms. The zero-order chi connectivity index (χ0) is 20.5. The zero-order valence-corrected chi connectivity index (χ0v) is 17.3. The summed E-state index contributed by atoms with van der Waals surface area (Å²) in [6, 6.07) is 18.2. The minimum atomic E-state index is -0.181. The lowest BCUT2D eigenvalue weighted by Crippen LogP contribution is -2.12. The molecule has 0 aliphatic rings. The lowest BCUT2D eigenvalue weighted by Gasteiger charge is -2.08. The monoisotopic (exact) mass is 403 g/mol. The topological polar surface area (TPSA) is 56.8 Å². The van der Waals surface area contributed by atoms with Crippen LogP contribution in [-0.4, -0.2) is 39.6 Å². The van der Waals surface area contributed by atoms with Crippen molar-refractivity contribution < 1.29 is 19.0 Å². The molecule has 1 N–H and O–H groups in total. The van der Waals surface area contributed by atoms with E-state index >= 15 is 0 Å². The van der Waals surface area contributed by atoms with E-state index in [1.807, 2.05) is 56.4 Å². The molecule has 0 atom stereocenters. The minimum Gasteiger partial charge on any atom is -0.468 e. The smallest absolute Gasteiger partial charge is 0.305 e. The fourth-order valence-corrected chi connectivity index (χ4v) is 2.22. The van der Waals surface area contributed by atoms with E-state index in [0.29, 0.717) is 13.0 Å². The summed E-state index contributed by atoms with van der Waals surface area (Å²) in [7, 11) is 1.94. The van der Waals surface area contributed by atoms with E-state index in [4.69, 9.17) is 14.2 Å². The van der Waals surface area contributed by atoms with E-state index < -0.39 is 0 Å². The van der Waals surface area contributed by atoms with Crippen LogP contribution >= 0.6 is 0 Å². The summed E-state index contributed by atoms with van der Waals surface area (Å²) in [5, 5.41) is 3.11. The molecule has 5 heteroatoms. The first-order valence-corrected chi connectivity index (χ1v) is 9.77. The Morgan fingerprint density at radius 2 is 1.69 bits per heavy atom. The maximum absolute atomic E-state index is 11.1. The molecule has 0 aliphatic heterocycles. The first-order chi connectivity index (χ1) is 13.7. The lowest BCUT2D eigenvalue weighted by molar-refractivity contribution is -0.146. The Kier molecular flexibility index (Phi) is 16.3. The van der Waals surface area contributed by atoms with Crippen molar-refractivity contribution in [1.29, 1.82) is 0 Å². The van der Waals surface area contributed by atoms with E-state index in [0.717, 1.165) is 25.1 Å². The summed E-state index contributed by atoms with van der Waals surface area (Å²) < 4.78 is 15.7. The second-order valence-electron chi connectivity index (χ2n) is 6.29. The molecule has 0 aromatic heterocycles. The van der Waals surface area contributed by atoms with Gasteiger partial charge in [0.25, 0.3) is 0 Å². The van der Waals surface area contributed by atoms with Crippen molar-refractivity contribution in [2.45, 2.75) is 40.5 Å². The molecule has 0 saturated heterocycles. The number of esters is 1. The lowest BCUT2D eigenvalue weighted by atomic mass is 10.1. The number of aryl methyl sites for hydroxylation is 1. The van der Waals surface area contributed by atoms with Crippen molar-refractivity contribution in [2.24, 2.45) is 0 Å². The van der Waals surface area contributed by atoms with Crippen LogP contribution in [0.25, 0.3) is 0 Å². The average molecular weight is 404 g/mol. The molecule has 0 heterocycles. The maximum atomic E-state index is 11.1. The van der Waals surface area contributed by atoms with Crippen molar-refractivity contribution in [3.05, 3.63) is 65.7 Å². The molecular weight excluding hydrogens is 366 g/mol. The van der Waals surface area contributed by atoms with Gasteiger partial charge in [-0.25, -0.2) is 0 Å². The molecule has 2 aromatic carbocycles. The molecule has 29 heavy (non-hydrogen) atoms. The molecule has 2 rings (SSSR count). The van der Waals surface area contributed by atoms with Crippen LogP contribution in [0.3, 0.4) is 0 Å². The Hall–Kier alpha value is -2.37. The standard InChI is InChI=1S/C16H25NO4.C7H8.CH4/c1-3-4-16(18)20-12-11-19-13-21-15-7-5-14(6-8-15)9-10-17-2;1-7-5-3-2-4-6-7;/h5-8,17H,3-4,9-13H2,1-2H3;2-6H,1H3;1H4. The summed E-state index contributed by atoms with van der Waals surface area (Å²) in [5.74, 6) is 0.588. The van der Waals surface area contributed by atoms with Gasteiger partial charge in [-0.1, -0.05) is 62.4 Å². The van der Waals surface area contributed by atoms with Gasteiger partial charge in [-0.05, 0) is 51.1 Å². The van der Waals surface area contributed by atoms with Gasteiger partial charge in [0.15, 0.2) is 6.79 Å². The van der Waals surface area contributed by atoms with Crippen molar-refractivity contribution in [1.82, 2.24) is 5.32 Å². The third-order valence-corrected chi connectivity index (χ3v) is 3.78. The summed E-state index contributed by atoms with van der Waals surface area (Å²) in [5.41, 5.74) is 2.59. The first-order valence-electron chi connectivity index (χ1n) is 9.77. The summed E-state index contributed by atoms with van der Waals surface area (Å²) in [6.45, 7) is 5.75. The second kappa shape index (κ2) is 17.7.